The molecule has 1 saturated carbocycles. The molecule has 0 unspecified atom stereocenters. The van der Waals surface area contributed by atoms with E-state index in [0.29, 0.717) is 18.4 Å². The number of esters is 1. The summed E-state index contributed by atoms with van der Waals surface area (Å²) in [6.45, 7) is 5.88. The molecule has 0 aromatic rings. The number of fused-ring (bicyclic) bond motifs is 2. The zero-order valence-corrected chi connectivity index (χ0v) is 12.4. The maximum Gasteiger partial charge on any atom is 0.336 e. The molecular weight excluding hydrogens is 256 g/mol. The fourth-order valence-electron chi connectivity index (χ4n) is 4.02. The topological polar surface area (TPSA) is 52.6 Å². The Kier molecular flexibility index (Phi) is 2.74. The second-order valence-corrected chi connectivity index (χ2v) is 6.47. The van der Waals surface area contributed by atoms with E-state index in [4.69, 9.17) is 9.47 Å². The Morgan fingerprint density at radius 1 is 1.40 bits per heavy atom. The van der Waals surface area contributed by atoms with Gasteiger partial charge in [-0.2, -0.15) is 0 Å². The molecule has 0 N–H and O–H groups in total. The van der Waals surface area contributed by atoms with Crippen LogP contribution in [0.1, 0.15) is 33.6 Å². The Morgan fingerprint density at radius 3 is 2.75 bits per heavy atom. The van der Waals surface area contributed by atoms with Crippen LogP contribution in [-0.4, -0.2) is 24.6 Å². The average molecular weight is 276 g/mol. The van der Waals surface area contributed by atoms with E-state index in [9.17, 15) is 9.59 Å². The standard InChI is InChI=1S/C16H20O4/c1-9-11-7-12-10(2)14(18)20-16(12,19-4)8-15(11,3)6-5-13(9)17/h5-6,9,11H,7-8H2,1-4H3/t9-,11-,15+,16-/m1/s1. The van der Waals surface area contributed by atoms with Gasteiger partial charge < -0.3 is 9.47 Å². The second kappa shape index (κ2) is 4.04. The first-order chi connectivity index (χ1) is 9.33. The molecule has 4 atom stereocenters. The number of rotatable bonds is 1. The van der Waals surface area contributed by atoms with Crippen LogP contribution < -0.4 is 0 Å². The van der Waals surface area contributed by atoms with Gasteiger partial charge in [-0.15, -0.1) is 0 Å². The minimum atomic E-state index is -0.934. The van der Waals surface area contributed by atoms with Gasteiger partial charge in [0.05, 0.1) is 0 Å². The Labute approximate surface area is 118 Å². The fraction of sp³-hybridized carbons (Fsp3) is 0.625. The SMILES string of the molecule is CO[C@@]12C[C@]3(C)C=CC(=O)[C@H](C)[C@H]3CC1=C(C)C(=O)O2. The first kappa shape index (κ1) is 13.6. The first-order valence-corrected chi connectivity index (χ1v) is 7.05. The highest BCUT2D eigenvalue weighted by molar-refractivity contribution is 5.94. The zero-order chi connectivity index (χ0) is 14.7. The van der Waals surface area contributed by atoms with Crippen molar-refractivity contribution < 1.29 is 19.1 Å². The molecule has 4 nitrogen and oxygen atoms in total. The van der Waals surface area contributed by atoms with Crippen molar-refractivity contribution in [2.24, 2.45) is 17.3 Å². The van der Waals surface area contributed by atoms with Gasteiger partial charge in [-0.3, -0.25) is 4.79 Å². The van der Waals surface area contributed by atoms with Crippen LogP contribution in [-0.2, 0) is 19.1 Å². The van der Waals surface area contributed by atoms with Gasteiger partial charge in [0.15, 0.2) is 5.78 Å². The molecule has 2 aliphatic carbocycles. The minimum absolute atomic E-state index is 0.0316. The molecule has 1 aliphatic heterocycles. The molecular formula is C16H20O4. The normalized spacial score (nSPS) is 43.4. The Morgan fingerprint density at radius 2 is 2.10 bits per heavy atom. The molecule has 0 bridgehead atoms. The van der Waals surface area contributed by atoms with Crippen molar-refractivity contribution >= 4 is 11.8 Å². The van der Waals surface area contributed by atoms with Crippen molar-refractivity contribution in [1.82, 2.24) is 0 Å². The van der Waals surface area contributed by atoms with Gasteiger partial charge in [-0.25, -0.2) is 4.79 Å². The largest absolute Gasteiger partial charge is 0.426 e. The van der Waals surface area contributed by atoms with Gasteiger partial charge in [-0.1, -0.05) is 19.9 Å². The Hall–Kier alpha value is -1.42. The van der Waals surface area contributed by atoms with Gasteiger partial charge in [0, 0.05) is 30.6 Å². The maximum atomic E-state index is 11.9. The van der Waals surface area contributed by atoms with E-state index in [2.05, 4.69) is 6.92 Å². The van der Waals surface area contributed by atoms with Crippen molar-refractivity contribution in [3.05, 3.63) is 23.3 Å². The van der Waals surface area contributed by atoms with Crippen LogP contribution in [0.3, 0.4) is 0 Å². The van der Waals surface area contributed by atoms with Gasteiger partial charge in [0.2, 0.25) is 5.79 Å². The second-order valence-electron chi connectivity index (χ2n) is 6.47. The minimum Gasteiger partial charge on any atom is -0.426 e. The van der Waals surface area contributed by atoms with Crippen LogP contribution in [0.4, 0.5) is 0 Å². The molecule has 1 fully saturated rings. The van der Waals surface area contributed by atoms with E-state index in [0.717, 1.165) is 5.57 Å². The van der Waals surface area contributed by atoms with E-state index < -0.39 is 5.79 Å². The first-order valence-electron chi connectivity index (χ1n) is 7.05. The summed E-state index contributed by atoms with van der Waals surface area (Å²) in [5.74, 6) is -0.900. The molecule has 0 spiro atoms. The number of methoxy groups -OCH3 is 1. The van der Waals surface area contributed by atoms with Crippen molar-refractivity contribution in [3.63, 3.8) is 0 Å². The van der Waals surface area contributed by atoms with E-state index in [1.165, 1.54) is 0 Å². The summed E-state index contributed by atoms with van der Waals surface area (Å²) >= 11 is 0. The van der Waals surface area contributed by atoms with Crippen LogP contribution in [0.5, 0.6) is 0 Å². The summed E-state index contributed by atoms with van der Waals surface area (Å²) in [6, 6.07) is 0. The molecule has 0 aromatic carbocycles. The summed E-state index contributed by atoms with van der Waals surface area (Å²) in [7, 11) is 1.58. The quantitative estimate of drug-likeness (QED) is 0.690. The highest BCUT2D eigenvalue weighted by Crippen LogP contribution is 2.57. The summed E-state index contributed by atoms with van der Waals surface area (Å²) in [6.07, 6.45) is 4.90. The molecule has 0 amide bonds. The van der Waals surface area contributed by atoms with Gasteiger partial charge >= 0.3 is 5.97 Å². The van der Waals surface area contributed by atoms with E-state index in [-0.39, 0.29) is 29.0 Å². The zero-order valence-electron chi connectivity index (χ0n) is 12.4. The van der Waals surface area contributed by atoms with Crippen LogP contribution in [0.2, 0.25) is 0 Å². The average Bonchev–Trinajstić information content (AvgIpc) is 2.65. The lowest BCUT2D eigenvalue weighted by atomic mass is 9.57. The van der Waals surface area contributed by atoms with Crippen molar-refractivity contribution in [1.29, 1.82) is 0 Å². The van der Waals surface area contributed by atoms with Crippen LogP contribution in [0.15, 0.2) is 23.3 Å². The van der Waals surface area contributed by atoms with Crippen molar-refractivity contribution in [2.45, 2.75) is 39.4 Å². The molecule has 4 heteroatoms. The lowest BCUT2D eigenvalue weighted by Gasteiger charge is -2.50. The number of carbonyl (C=O) groups is 2. The predicted molar refractivity (Wildman–Crippen MR) is 72.7 cm³/mol. The number of hydrogen-bond acceptors (Lipinski definition) is 4. The van der Waals surface area contributed by atoms with Gasteiger partial charge in [0.25, 0.3) is 0 Å². The molecule has 1 heterocycles. The summed E-state index contributed by atoms with van der Waals surface area (Å²) < 4.78 is 11.1. The van der Waals surface area contributed by atoms with Crippen molar-refractivity contribution in [2.75, 3.05) is 7.11 Å². The predicted octanol–water partition coefficient (Wildman–Crippen LogP) is 2.39. The highest BCUT2D eigenvalue weighted by Gasteiger charge is 2.58. The van der Waals surface area contributed by atoms with Crippen LogP contribution in [0.25, 0.3) is 0 Å². The number of ether oxygens (including phenoxy) is 2. The van der Waals surface area contributed by atoms with E-state index >= 15 is 0 Å². The number of hydrogen-bond donors (Lipinski definition) is 0. The molecule has 20 heavy (non-hydrogen) atoms. The molecule has 0 saturated heterocycles. The maximum absolute atomic E-state index is 11.9. The molecule has 3 aliphatic rings. The summed E-state index contributed by atoms with van der Waals surface area (Å²) in [4.78, 5) is 23.9. The number of allylic oxidation sites excluding steroid dienone is 2. The third-order valence-corrected chi connectivity index (χ3v) is 5.37. The smallest absolute Gasteiger partial charge is 0.336 e. The third kappa shape index (κ3) is 1.57. The van der Waals surface area contributed by atoms with E-state index in [1.54, 1.807) is 20.1 Å². The highest BCUT2D eigenvalue weighted by atomic mass is 16.7. The lowest BCUT2D eigenvalue weighted by Crippen LogP contribution is -2.51. The summed E-state index contributed by atoms with van der Waals surface area (Å²) in [5.41, 5.74) is 1.38. The molecule has 3 rings (SSSR count). The number of carbonyl (C=O) groups excluding carboxylic acids is 2. The van der Waals surface area contributed by atoms with Gasteiger partial charge in [0.1, 0.15) is 0 Å². The van der Waals surface area contributed by atoms with Gasteiger partial charge in [-0.05, 0) is 30.8 Å². The lowest BCUT2D eigenvalue weighted by molar-refractivity contribution is -0.213. The summed E-state index contributed by atoms with van der Waals surface area (Å²) in [5, 5.41) is 0. The Bertz CT molecular complexity index is 559. The van der Waals surface area contributed by atoms with E-state index in [1.807, 2.05) is 13.0 Å². The fourth-order valence-corrected chi connectivity index (χ4v) is 4.02. The molecule has 0 radical (unpaired) electrons. The molecule has 108 valence electrons. The molecule has 0 aromatic heterocycles. The van der Waals surface area contributed by atoms with Crippen LogP contribution >= 0.6 is 0 Å². The third-order valence-electron chi connectivity index (χ3n) is 5.37. The van der Waals surface area contributed by atoms with Crippen LogP contribution in [0, 0.1) is 17.3 Å². The van der Waals surface area contributed by atoms with Crippen molar-refractivity contribution in [3.8, 4) is 0 Å². The Balaban J connectivity index is 2.10. The monoisotopic (exact) mass is 276 g/mol. The number of ketones is 1.